The first-order valence-corrected chi connectivity index (χ1v) is 7.78. The summed E-state index contributed by atoms with van der Waals surface area (Å²) < 4.78 is 31.4. The summed E-state index contributed by atoms with van der Waals surface area (Å²) in [4.78, 5) is 26.0. The summed E-state index contributed by atoms with van der Waals surface area (Å²) in [6.45, 7) is 2.91. The maximum absolute atomic E-state index is 13.5. The highest BCUT2D eigenvalue weighted by molar-refractivity contribution is 6.39. The lowest BCUT2D eigenvalue weighted by molar-refractivity contribution is -0.136. The molecule has 1 aromatic carbocycles. The summed E-state index contributed by atoms with van der Waals surface area (Å²) in [5.74, 6) is -3.50. The van der Waals surface area contributed by atoms with Gasteiger partial charge in [0.15, 0.2) is 0 Å². The lowest BCUT2D eigenvalue weighted by Crippen LogP contribution is -2.50. The number of benzene rings is 1. The van der Waals surface area contributed by atoms with Crippen LogP contribution < -0.4 is 10.6 Å². The van der Waals surface area contributed by atoms with Gasteiger partial charge in [0, 0.05) is 32.3 Å². The molecule has 132 valence electrons. The van der Waals surface area contributed by atoms with Gasteiger partial charge in [-0.2, -0.15) is 0 Å². The van der Waals surface area contributed by atoms with Crippen molar-refractivity contribution in [2.24, 2.45) is 0 Å². The van der Waals surface area contributed by atoms with E-state index in [2.05, 4.69) is 15.5 Å². The van der Waals surface area contributed by atoms with E-state index in [1.54, 1.807) is 7.11 Å². The SMILES string of the molecule is COCCN1CCCC(NC(=O)C(=O)Nc2ccc(F)cc2F)C1. The smallest absolute Gasteiger partial charge is 0.313 e. The van der Waals surface area contributed by atoms with Crippen molar-refractivity contribution in [1.29, 1.82) is 0 Å². The van der Waals surface area contributed by atoms with Crippen LogP contribution in [0.3, 0.4) is 0 Å². The molecule has 0 aromatic heterocycles. The van der Waals surface area contributed by atoms with Crippen LogP contribution in [0.15, 0.2) is 18.2 Å². The molecule has 24 heavy (non-hydrogen) atoms. The predicted octanol–water partition coefficient (Wildman–Crippen LogP) is 1.13. The van der Waals surface area contributed by atoms with E-state index in [0.29, 0.717) is 19.2 Å². The monoisotopic (exact) mass is 341 g/mol. The Bertz CT molecular complexity index is 598. The number of ether oxygens (including phenoxy) is 1. The Morgan fingerprint density at radius 2 is 2.12 bits per heavy atom. The van der Waals surface area contributed by atoms with Crippen molar-refractivity contribution in [3.63, 3.8) is 0 Å². The Kier molecular flexibility index (Phi) is 6.62. The van der Waals surface area contributed by atoms with Crippen LogP contribution in [0.4, 0.5) is 14.5 Å². The van der Waals surface area contributed by atoms with Crippen molar-refractivity contribution in [3.8, 4) is 0 Å². The number of nitrogens with zero attached hydrogens (tertiary/aromatic N) is 1. The molecule has 8 heteroatoms. The van der Waals surface area contributed by atoms with Crippen LogP contribution in [-0.2, 0) is 14.3 Å². The van der Waals surface area contributed by atoms with E-state index in [1.807, 2.05) is 0 Å². The molecular weight excluding hydrogens is 320 g/mol. The molecule has 2 rings (SSSR count). The van der Waals surface area contributed by atoms with Crippen molar-refractivity contribution in [1.82, 2.24) is 10.2 Å². The fourth-order valence-corrected chi connectivity index (χ4v) is 2.62. The molecule has 0 bridgehead atoms. The number of hydrogen-bond donors (Lipinski definition) is 2. The Morgan fingerprint density at radius 1 is 1.33 bits per heavy atom. The number of carbonyl (C=O) groups is 2. The van der Waals surface area contributed by atoms with Gasteiger partial charge in [-0.05, 0) is 31.5 Å². The molecule has 0 spiro atoms. The zero-order chi connectivity index (χ0) is 17.5. The minimum absolute atomic E-state index is 0.146. The summed E-state index contributed by atoms with van der Waals surface area (Å²) in [5.41, 5.74) is -0.234. The van der Waals surface area contributed by atoms with Gasteiger partial charge < -0.3 is 15.4 Å². The van der Waals surface area contributed by atoms with Gasteiger partial charge in [0.1, 0.15) is 11.6 Å². The second-order valence-electron chi connectivity index (χ2n) is 5.68. The predicted molar refractivity (Wildman–Crippen MR) is 84.5 cm³/mol. The number of amides is 2. The Hall–Kier alpha value is -2.06. The molecule has 1 heterocycles. The molecule has 1 atom stereocenters. The molecule has 2 N–H and O–H groups in total. The van der Waals surface area contributed by atoms with Crippen LogP contribution >= 0.6 is 0 Å². The second-order valence-corrected chi connectivity index (χ2v) is 5.68. The lowest BCUT2D eigenvalue weighted by Gasteiger charge is -2.32. The van der Waals surface area contributed by atoms with Crippen LogP contribution in [0, 0.1) is 11.6 Å². The molecule has 6 nitrogen and oxygen atoms in total. The Balaban J connectivity index is 1.85. The molecule has 0 saturated carbocycles. The molecule has 2 amide bonds. The molecule has 1 aromatic rings. The minimum atomic E-state index is -0.977. The van der Waals surface area contributed by atoms with Gasteiger partial charge in [-0.1, -0.05) is 0 Å². The first kappa shape index (κ1) is 18.3. The zero-order valence-electron chi connectivity index (χ0n) is 13.5. The van der Waals surface area contributed by atoms with Crippen LogP contribution in [-0.4, -0.2) is 56.1 Å². The van der Waals surface area contributed by atoms with Crippen LogP contribution in [0.1, 0.15) is 12.8 Å². The summed E-state index contributed by atoms with van der Waals surface area (Å²) in [6.07, 6.45) is 1.68. The zero-order valence-corrected chi connectivity index (χ0v) is 13.5. The van der Waals surface area contributed by atoms with Crippen LogP contribution in [0.2, 0.25) is 0 Å². The molecule has 0 radical (unpaired) electrons. The summed E-state index contributed by atoms with van der Waals surface area (Å²) in [5, 5.41) is 4.79. The van der Waals surface area contributed by atoms with Crippen molar-refractivity contribution in [2.45, 2.75) is 18.9 Å². The quantitative estimate of drug-likeness (QED) is 0.788. The molecule has 1 saturated heterocycles. The molecule has 0 aliphatic carbocycles. The van der Waals surface area contributed by atoms with Crippen molar-refractivity contribution in [2.75, 3.05) is 38.7 Å². The number of likely N-dealkylation sites (tertiary alicyclic amines) is 1. The largest absolute Gasteiger partial charge is 0.383 e. The van der Waals surface area contributed by atoms with E-state index in [9.17, 15) is 18.4 Å². The lowest BCUT2D eigenvalue weighted by atomic mass is 10.1. The number of methoxy groups -OCH3 is 1. The number of halogens is 2. The molecule has 1 aliphatic heterocycles. The minimum Gasteiger partial charge on any atom is -0.383 e. The van der Waals surface area contributed by atoms with Gasteiger partial charge in [0.2, 0.25) is 0 Å². The fraction of sp³-hybridized carbons (Fsp3) is 0.500. The number of piperidine rings is 1. The van der Waals surface area contributed by atoms with E-state index < -0.39 is 23.4 Å². The average Bonchev–Trinajstić information content (AvgIpc) is 2.55. The average molecular weight is 341 g/mol. The highest BCUT2D eigenvalue weighted by Crippen LogP contribution is 2.15. The van der Waals surface area contributed by atoms with E-state index in [4.69, 9.17) is 4.74 Å². The van der Waals surface area contributed by atoms with E-state index in [-0.39, 0.29) is 11.7 Å². The van der Waals surface area contributed by atoms with Gasteiger partial charge >= 0.3 is 11.8 Å². The number of nitrogens with one attached hydrogen (secondary N) is 2. The molecule has 1 unspecified atom stereocenters. The van der Waals surface area contributed by atoms with Gasteiger partial charge in [0.05, 0.1) is 12.3 Å². The highest BCUT2D eigenvalue weighted by Gasteiger charge is 2.24. The van der Waals surface area contributed by atoms with E-state index in [1.165, 1.54) is 0 Å². The van der Waals surface area contributed by atoms with Gasteiger partial charge in [-0.3, -0.25) is 14.5 Å². The van der Waals surface area contributed by atoms with Crippen LogP contribution in [0.5, 0.6) is 0 Å². The number of rotatable bonds is 5. The first-order chi connectivity index (χ1) is 11.5. The summed E-state index contributed by atoms with van der Waals surface area (Å²) in [6, 6.07) is 2.57. The number of carbonyl (C=O) groups excluding carboxylic acids is 2. The van der Waals surface area contributed by atoms with Crippen LogP contribution in [0.25, 0.3) is 0 Å². The maximum Gasteiger partial charge on any atom is 0.313 e. The van der Waals surface area contributed by atoms with Gasteiger partial charge in [-0.25, -0.2) is 8.78 Å². The number of anilines is 1. The third-order valence-electron chi connectivity index (χ3n) is 3.84. The van der Waals surface area contributed by atoms with Crippen molar-refractivity contribution in [3.05, 3.63) is 29.8 Å². The Morgan fingerprint density at radius 3 is 2.83 bits per heavy atom. The first-order valence-electron chi connectivity index (χ1n) is 7.78. The third kappa shape index (κ3) is 5.24. The van der Waals surface area contributed by atoms with Crippen molar-refractivity contribution >= 4 is 17.5 Å². The Labute approximate surface area is 139 Å². The molecule has 1 fully saturated rings. The third-order valence-corrected chi connectivity index (χ3v) is 3.84. The fourth-order valence-electron chi connectivity index (χ4n) is 2.62. The summed E-state index contributed by atoms with van der Waals surface area (Å²) in [7, 11) is 1.63. The van der Waals surface area contributed by atoms with Gasteiger partial charge in [0.25, 0.3) is 0 Å². The standard InChI is InChI=1S/C16H21F2N3O3/c1-24-8-7-21-6-2-3-12(10-21)19-15(22)16(23)20-14-5-4-11(17)9-13(14)18/h4-5,9,12H,2-3,6-8,10H2,1H3,(H,19,22)(H,20,23). The molecular formula is C16H21F2N3O3. The topological polar surface area (TPSA) is 70.7 Å². The van der Waals surface area contributed by atoms with Gasteiger partial charge in [-0.15, -0.1) is 0 Å². The maximum atomic E-state index is 13.5. The van der Waals surface area contributed by atoms with E-state index in [0.717, 1.165) is 38.1 Å². The van der Waals surface area contributed by atoms with Crippen molar-refractivity contribution < 1.29 is 23.1 Å². The number of hydrogen-bond acceptors (Lipinski definition) is 4. The molecule has 1 aliphatic rings. The summed E-state index contributed by atoms with van der Waals surface area (Å²) >= 11 is 0. The second kappa shape index (κ2) is 8.70. The van der Waals surface area contributed by atoms with E-state index >= 15 is 0 Å². The normalized spacial score (nSPS) is 18.2. The highest BCUT2D eigenvalue weighted by atomic mass is 19.1.